The molecule has 0 radical (unpaired) electrons. The van der Waals surface area contributed by atoms with Gasteiger partial charge in [0.15, 0.2) is 0 Å². The third-order valence-corrected chi connectivity index (χ3v) is 3.39. The highest BCUT2D eigenvalue weighted by Gasteiger charge is 2.36. The molecule has 0 saturated carbocycles. The summed E-state index contributed by atoms with van der Waals surface area (Å²) < 4.78 is 0. The second kappa shape index (κ2) is 9.01. The summed E-state index contributed by atoms with van der Waals surface area (Å²) in [4.78, 5) is 38.4. The number of nitrogens with zero attached hydrogens (tertiary/aromatic N) is 1. The van der Waals surface area contributed by atoms with E-state index in [-0.39, 0.29) is 31.4 Å². The average molecular weight is 329 g/mol. The van der Waals surface area contributed by atoms with E-state index in [2.05, 4.69) is 5.32 Å². The highest BCUT2D eigenvalue weighted by molar-refractivity contribution is 5.94. The normalized spacial score (nSPS) is 12.9. The molecule has 1 atom stereocenters. The number of hydrogen-bond donors (Lipinski definition) is 2. The van der Waals surface area contributed by atoms with Crippen molar-refractivity contribution in [2.45, 2.75) is 61.4 Å². The highest BCUT2D eigenvalue weighted by Crippen LogP contribution is 2.23. The zero-order valence-corrected chi connectivity index (χ0v) is 14.9. The molecular formula is C17H35N3O3. The first-order valence-corrected chi connectivity index (χ1v) is 7.60. The average Bonchev–Trinajstić information content (AvgIpc) is 2.37. The van der Waals surface area contributed by atoms with E-state index >= 15 is 0 Å². The molecule has 2 amide bonds. The largest absolute Gasteiger partial charge is 0.353 e. The van der Waals surface area contributed by atoms with Crippen LogP contribution in [0.4, 0.5) is 0 Å². The van der Waals surface area contributed by atoms with Gasteiger partial charge in [-0.25, -0.2) is 0 Å². The molecule has 6 heteroatoms. The van der Waals surface area contributed by atoms with Gasteiger partial charge in [-0.15, -0.1) is 0 Å². The molecule has 0 fully saturated rings. The Morgan fingerprint density at radius 2 is 1.52 bits per heavy atom. The van der Waals surface area contributed by atoms with Crippen LogP contribution in [0, 0.1) is 10.8 Å². The van der Waals surface area contributed by atoms with Gasteiger partial charge in [-0.2, -0.15) is 0 Å². The molecule has 0 aliphatic heterocycles. The molecule has 0 spiro atoms. The van der Waals surface area contributed by atoms with Crippen molar-refractivity contribution in [1.29, 1.82) is 0 Å². The van der Waals surface area contributed by atoms with Gasteiger partial charge in [-0.05, 0) is 0 Å². The Kier molecular flexibility index (Phi) is 9.34. The summed E-state index contributed by atoms with van der Waals surface area (Å²) in [6.07, 6.45) is -0.00176. The monoisotopic (exact) mass is 329 g/mol. The Morgan fingerprint density at radius 1 is 1.04 bits per heavy atom. The predicted octanol–water partition coefficient (Wildman–Crippen LogP) is 1.58. The number of Topliss-reactive ketones (excluding diaryl/α,β-unsaturated/α-hetero) is 1. The molecule has 0 aromatic heterocycles. The van der Waals surface area contributed by atoms with Crippen LogP contribution >= 0.6 is 0 Å². The van der Waals surface area contributed by atoms with Crippen LogP contribution in [0.15, 0.2) is 0 Å². The summed E-state index contributed by atoms with van der Waals surface area (Å²) in [5, 5.41) is 2.67. The third-order valence-electron chi connectivity index (χ3n) is 3.39. The number of carbonyl (C=O) groups excluding carboxylic acids is 3. The lowest BCUT2D eigenvalue weighted by Crippen LogP contribution is -2.52. The summed E-state index contributed by atoms with van der Waals surface area (Å²) in [6.45, 7) is 11.4. The number of likely N-dealkylation sites (N-methyl/N-ethyl adjacent to an activating group) is 1. The molecule has 0 saturated heterocycles. The molecule has 1 unspecified atom stereocenters. The number of rotatable bonds is 6. The fourth-order valence-electron chi connectivity index (χ4n) is 1.87. The molecular weight excluding hydrogens is 294 g/mol. The van der Waals surface area contributed by atoms with Crippen molar-refractivity contribution in [3.8, 4) is 0 Å². The maximum absolute atomic E-state index is 12.4. The minimum Gasteiger partial charge on any atom is -0.353 e. The van der Waals surface area contributed by atoms with E-state index in [0.717, 1.165) is 0 Å². The Balaban J connectivity index is 0. The minimum absolute atomic E-state index is 0. The number of nitrogens with two attached hydrogens (primary N) is 1. The fourth-order valence-corrected chi connectivity index (χ4v) is 1.87. The first kappa shape index (κ1) is 23.8. The lowest BCUT2D eigenvalue weighted by atomic mass is 9.86. The third kappa shape index (κ3) is 7.59. The summed E-state index contributed by atoms with van der Waals surface area (Å²) >= 11 is 0. The summed E-state index contributed by atoms with van der Waals surface area (Å²) in [6, 6.07) is -0.815. The first-order valence-electron chi connectivity index (χ1n) is 7.60. The van der Waals surface area contributed by atoms with Crippen LogP contribution in [0.25, 0.3) is 0 Å². The Bertz CT molecular complexity index is 420. The van der Waals surface area contributed by atoms with E-state index in [4.69, 9.17) is 5.73 Å². The van der Waals surface area contributed by atoms with Gasteiger partial charge >= 0.3 is 0 Å². The minimum atomic E-state index is -0.815. The van der Waals surface area contributed by atoms with E-state index in [0.29, 0.717) is 13.1 Å². The Hall–Kier alpha value is -1.43. The summed E-state index contributed by atoms with van der Waals surface area (Å²) in [7, 11) is 1.57. The van der Waals surface area contributed by atoms with Gasteiger partial charge < -0.3 is 16.0 Å². The Labute approximate surface area is 141 Å². The smallest absolute Gasteiger partial charge is 0.243 e. The van der Waals surface area contributed by atoms with Crippen molar-refractivity contribution in [3.05, 3.63) is 0 Å². The summed E-state index contributed by atoms with van der Waals surface area (Å²) in [5.74, 6) is -0.584. The van der Waals surface area contributed by atoms with Crippen molar-refractivity contribution < 1.29 is 14.4 Å². The number of hydrogen-bond acceptors (Lipinski definition) is 4. The van der Waals surface area contributed by atoms with Crippen LogP contribution in [-0.2, 0) is 14.4 Å². The van der Waals surface area contributed by atoms with E-state index in [1.54, 1.807) is 48.6 Å². The molecule has 3 N–H and O–H groups in total. The molecule has 0 aromatic rings. The first-order chi connectivity index (χ1) is 9.82. The number of amides is 2. The van der Waals surface area contributed by atoms with E-state index in [1.807, 2.05) is 0 Å². The molecule has 136 valence electrons. The zero-order valence-electron chi connectivity index (χ0n) is 14.9. The predicted molar refractivity (Wildman–Crippen MR) is 93.9 cm³/mol. The van der Waals surface area contributed by atoms with Crippen molar-refractivity contribution in [3.63, 3.8) is 0 Å². The second-order valence-corrected chi connectivity index (χ2v) is 7.64. The molecule has 23 heavy (non-hydrogen) atoms. The topological polar surface area (TPSA) is 92.5 Å². The van der Waals surface area contributed by atoms with E-state index in [9.17, 15) is 14.4 Å². The number of ketones is 1. The lowest BCUT2D eigenvalue weighted by Gasteiger charge is -2.33. The van der Waals surface area contributed by atoms with Crippen LogP contribution in [0.2, 0.25) is 0 Å². The second-order valence-electron chi connectivity index (χ2n) is 7.64. The highest BCUT2D eigenvalue weighted by atomic mass is 16.2. The maximum atomic E-state index is 12.4. The van der Waals surface area contributed by atoms with E-state index < -0.39 is 16.9 Å². The fraction of sp³-hybridized carbons (Fsp3) is 0.824. The van der Waals surface area contributed by atoms with Crippen LogP contribution in [0.3, 0.4) is 0 Å². The van der Waals surface area contributed by atoms with Gasteiger partial charge in [0.25, 0.3) is 0 Å². The van der Waals surface area contributed by atoms with Crippen molar-refractivity contribution in [2.24, 2.45) is 16.6 Å². The van der Waals surface area contributed by atoms with Crippen molar-refractivity contribution in [2.75, 3.05) is 20.1 Å². The van der Waals surface area contributed by atoms with Crippen LogP contribution in [-0.4, -0.2) is 48.7 Å². The molecule has 6 nitrogen and oxygen atoms in total. The maximum Gasteiger partial charge on any atom is 0.243 e. The standard InChI is InChI=1S/C16H31N3O3.CH4/c1-15(2,3)12(20)10-11(13(21)18-9-8-17)19(7)14(22)16(4,5)6;/h11H,8-10,17H2,1-7H3,(H,18,21);1H4. The molecule has 0 aromatic carbocycles. The molecule has 0 bridgehead atoms. The van der Waals surface area contributed by atoms with Crippen LogP contribution < -0.4 is 11.1 Å². The van der Waals surface area contributed by atoms with Crippen molar-refractivity contribution in [1.82, 2.24) is 10.2 Å². The summed E-state index contributed by atoms with van der Waals surface area (Å²) in [5.41, 5.74) is 4.21. The molecule has 0 aliphatic carbocycles. The Morgan fingerprint density at radius 3 is 1.87 bits per heavy atom. The van der Waals surface area contributed by atoms with Crippen LogP contribution in [0.5, 0.6) is 0 Å². The molecule has 0 aliphatic rings. The molecule has 0 heterocycles. The SMILES string of the molecule is C.CN(C(=O)C(C)(C)C)C(CC(=O)C(C)(C)C)C(=O)NCCN. The van der Waals surface area contributed by atoms with Gasteiger partial charge in [0.2, 0.25) is 11.8 Å². The quantitative estimate of drug-likeness (QED) is 0.774. The van der Waals surface area contributed by atoms with E-state index in [1.165, 1.54) is 4.90 Å². The number of nitrogens with one attached hydrogen (secondary N) is 1. The number of carbonyl (C=O) groups is 3. The van der Waals surface area contributed by atoms with Gasteiger partial charge in [0, 0.05) is 37.4 Å². The van der Waals surface area contributed by atoms with Gasteiger partial charge in [0.1, 0.15) is 11.8 Å². The van der Waals surface area contributed by atoms with Crippen LogP contribution in [0.1, 0.15) is 55.4 Å². The lowest BCUT2D eigenvalue weighted by molar-refractivity contribution is -0.146. The molecule has 0 rings (SSSR count). The van der Waals surface area contributed by atoms with Crippen molar-refractivity contribution >= 4 is 17.6 Å². The van der Waals surface area contributed by atoms with Gasteiger partial charge in [0.05, 0.1) is 0 Å². The van der Waals surface area contributed by atoms with Gasteiger partial charge in [-0.3, -0.25) is 14.4 Å². The van der Waals surface area contributed by atoms with Gasteiger partial charge in [-0.1, -0.05) is 49.0 Å². The zero-order chi connectivity index (χ0) is 17.7.